The third-order valence-electron chi connectivity index (χ3n) is 6.90. The van der Waals surface area contributed by atoms with Gasteiger partial charge in [0.05, 0.1) is 6.04 Å². The molecule has 3 aliphatic rings. The third-order valence-corrected chi connectivity index (χ3v) is 6.90. The molecule has 0 spiro atoms. The smallest absolute Gasteiger partial charge is 0.349 e. The molecule has 160 valence electrons. The lowest BCUT2D eigenvalue weighted by Gasteiger charge is -2.29. The number of rotatable bonds is 3. The molecule has 1 aliphatic carbocycles. The van der Waals surface area contributed by atoms with E-state index in [4.69, 9.17) is 4.42 Å². The van der Waals surface area contributed by atoms with Crippen molar-refractivity contribution in [3.8, 4) is 0 Å². The van der Waals surface area contributed by atoms with Crippen LogP contribution in [0.2, 0.25) is 0 Å². The van der Waals surface area contributed by atoms with Crippen molar-refractivity contribution in [3.63, 3.8) is 0 Å². The molecule has 2 saturated heterocycles. The van der Waals surface area contributed by atoms with E-state index in [1.807, 2.05) is 19.1 Å². The van der Waals surface area contributed by atoms with Crippen molar-refractivity contribution in [3.05, 3.63) is 69.0 Å². The van der Waals surface area contributed by atoms with Crippen LogP contribution in [-0.2, 0) is 0 Å². The molecule has 1 aromatic carbocycles. The minimum atomic E-state index is -0.551. The Morgan fingerprint density at radius 3 is 2.70 bits per heavy atom. The summed E-state index contributed by atoms with van der Waals surface area (Å²) in [4.78, 5) is 28.0. The normalized spacial score (nSPS) is 25.5. The Hall–Kier alpha value is -2.18. The van der Waals surface area contributed by atoms with Crippen molar-refractivity contribution in [2.45, 2.75) is 38.1 Å². The molecule has 0 bridgehead atoms. The number of carbonyl (C=O) groups excluding carboxylic acids is 1. The summed E-state index contributed by atoms with van der Waals surface area (Å²) < 4.78 is 19.5. The molecule has 5 nitrogen and oxygen atoms in total. The molecule has 1 saturated carbocycles. The zero-order valence-corrected chi connectivity index (χ0v) is 17.7. The zero-order valence-electron chi connectivity index (χ0n) is 16.9. The molecule has 3 atom stereocenters. The summed E-state index contributed by atoms with van der Waals surface area (Å²) in [5.41, 5.74) is 1.01. The van der Waals surface area contributed by atoms with Gasteiger partial charge in [-0.05, 0) is 55.0 Å². The number of hydrogen-bond acceptors (Lipinski definition) is 4. The van der Waals surface area contributed by atoms with Crippen LogP contribution in [0.25, 0.3) is 0 Å². The Labute approximate surface area is 181 Å². The standard InChI is InChI=1S/C23H25FN2O3.ClH/c1-13-8-19(14-4-2-5-14)29-23(28)20(13)22(27)26-12-16-10-25-11-18(16)21(26)15-6-3-7-17(24)9-15;/h3,6-9,14,16,18,21,25H,2,4-5,10-12H2,1H3;1H/t16-,18-,21-;/m0./s1. The summed E-state index contributed by atoms with van der Waals surface area (Å²) in [7, 11) is 0. The highest BCUT2D eigenvalue weighted by atomic mass is 35.5. The van der Waals surface area contributed by atoms with Crippen LogP contribution in [0, 0.1) is 24.6 Å². The molecule has 7 heteroatoms. The first-order chi connectivity index (χ1) is 14.0. The van der Waals surface area contributed by atoms with Gasteiger partial charge in [-0.2, -0.15) is 0 Å². The van der Waals surface area contributed by atoms with Crippen LogP contribution in [0.15, 0.2) is 39.5 Å². The predicted molar refractivity (Wildman–Crippen MR) is 114 cm³/mol. The van der Waals surface area contributed by atoms with Crippen molar-refractivity contribution in [1.82, 2.24) is 10.2 Å². The first-order valence-electron chi connectivity index (χ1n) is 10.4. The molecule has 2 aliphatic heterocycles. The zero-order chi connectivity index (χ0) is 20.1. The Morgan fingerprint density at radius 1 is 1.23 bits per heavy atom. The number of hydrogen-bond donors (Lipinski definition) is 1. The van der Waals surface area contributed by atoms with Gasteiger partial charge in [-0.3, -0.25) is 4.79 Å². The first kappa shape index (κ1) is 21.1. The van der Waals surface area contributed by atoms with Crippen LogP contribution >= 0.6 is 12.4 Å². The average molecular weight is 433 g/mol. The van der Waals surface area contributed by atoms with Gasteiger partial charge in [-0.15, -0.1) is 12.4 Å². The van der Waals surface area contributed by atoms with Gasteiger partial charge in [0.1, 0.15) is 17.1 Å². The van der Waals surface area contributed by atoms with E-state index in [2.05, 4.69) is 5.32 Å². The van der Waals surface area contributed by atoms with Gasteiger partial charge in [0.2, 0.25) is 0 Å². The van der Waals surface area contributed by atoms with Gasteiger partial charge in [0, 0.05) is 31.5 Å². The van der Waals surface area contributed by atoms with Gasteiger partial charge >= 0.3 is 5.63 Å². The summed E-state index contributed by atoms with van der Waals surface area (Å²) in [5, 5.41) is 3.38. The lowest BCUT2D eigenvalue weighted by atomic mass is 9.83. The average Bonchev–Trinajstić information content (AvgIpc) is 3.20. The third kappa shape index (κ3) is 3.46. The van der Waals surface area contributed by atoms with E-state index in [0.717, 1.165) is 37.9 Å². The summed E-state index contributed by atoms with van der Waals surface area (Å²) in [5.74, 6) is 0.878. The van der Waals surface area contributed by atoms with Crippen molar-refractivity contribution < 1.29 is 13.6 Å². The fourth-order valence-electron chi connectivity index (χ4n) is 5.17. The SMILES string of the molecule is Cc1cc(C2CCC2)oc(=O)c1C(=O)N1C[C@@H]2CNC[C@@H]2[C@@H]1c1cccc(F)c1.Cl. The van der Waals surface area contributed by atoms with E-state index >= 15 is 0 Å². The number of halogens is 2. The highest BCUT2D eigenvalue weighted by molar-refractivity contribution is 5.95. The first-order valence-corrected chi connectivity index (χ1v) is 10.4. The topological polar surface area (TPSA) is 62.6 Å². The molecule has 3 fully saturated rings. The van der Waals surface area contributed by atoms with Crippen LogP contribution in [0.3, 0.4) is 0 Å². The maximum absolute atomic E-state index is 13.9. The van der Waals surface area contributed by atoms with E-state index in [-0.39, 0.29) is 41.7 Å². The Kier molecular flexibility index (Phi) is 5.73. The monoisotopic (exact) mass is 432 g/mol. The van der Waals surface area contributed by atoms with Crippen molar-refractivity contribution >= 4 is 18.3 Å². The number of fused-ring (bicyclic) bond motifs is 1. The van der Waals surface area contributed by atoms with Gasteiger partial charge in [0.25, 0.3) is 5.91 Å². The van der Waals surface area contributed by atoms with Crippen LogP contribution < -0.4 is 10.9 Å². The molecule has 3 heterocycles. The quantitative estimate of drug-likeness (QED) is 0.801. The number of nitrogens with one attached hydrogen (secondary N) is 1. The molecule has 0 unspecified atom stereocenters. The minimum absolute atomic E-state index is 0. The maximum Gasteiger partial charge on any atom is 0.349 e. The summed E-state index contributed by atoms with van der Waals surface area (Å²) in [6.45, 7) is 3.97. The van der Waals surface area contributed by atoms with E-state index in [0.29, 0.717) is 29.7 Å². The molecule has 1 N–H and O–H groups in total. The van der Waals surface area contributed by atoms with E-state index in [9.17, 15) is 14.0 Å². The van der Waals surface area contributed by atoms with Gasteiger partial charge < -0.3 is 14.6 Å². The molecule has 1 amide bonds. The van der Waals surface area contributed by atoms with E-state index in [1.54, 1.807) is 11.0 Å². The Morgan fingerprint density at radius 2 is 2.03 bits per heavy atom. The molecule has 5 rings (SSSR count). The van der Waals surface area contributed by atoms with E-state index in [1.165, 1.54) is 12.1 Å². The number of likely N-dealkylation sites (tertiary alicyclic amines) is 1. The van der Waals surface area contributed by atoms with E-state index < -0.39 is 5.63 Å². The van der Waals surface area contributed by atoms with Crippen molar-refractivity contribution in [1.29, 1.82) is 0 Å². The predicted octanol–water partition coefficient (Wildman–Crippen LogP) is 3.81. The van der Waals surface area contributed by atoms with Crippen LogP contribution in [0.4, 0.5) is 4.39 Å². The second kappa shape index (κ2) is 8.16. The van der Waals surface area contributed by atoms with Gasteiger partial charge in [-0.1, -0.05) is 18.6 Å². The summed E-state index contributed by atoms with van der Waals surface area (Å²) in [6.07, 6.45) is 3.20. The lowest BCUT2D eigenvalue weighted by Crippen LogP contribution is -2.37. The second-order valence-electron chi connectivity index (χ2n) is 8.66. The Bertz CT molecular complexity index is 1020. The molecule has 30 heavy (non-hydrogen) atoms. The largest absolute Gasteiger partial charge is 0.427 e. The molecule has 0 radical (unpaired) electrons. The van der Waals surface area contributed by atoms with Crippen LogP contribution in [0.5, 0.6) is 0 Å². The molecule has 1 aromatic heterocycles. The fraction of sp³-hybridized carbons (Fsp3) is 0.478. The highest BCUT2D eigenvalue weighted by Crippen LogP contribution is 2.43. The second-order valence-corrected chi connectivity index (χ2v) is 8.66. The van der Waals surface area contributed by atoms with Crippen molar-refractivity contribution in [2.24, 2.45) is 11.8 Å². The van der Waals surface area contributed by atoms with Crippen LogP contribution in [0.1, 0.15) is 58.5 Å². The summed E-state index contributed by atoms with van der Waals surface area (Å²) in [6, 6.07) is 8.06. The lowest BCUT2D eigenvalue weighted by molar-refractivity contribution is 0.0707. The van der Waals surface area contributed by atoms with Crippen LogP contribution in [-0.4, -0.2) is 30.4 Å². The molecular formula is C23H26ClFN2O3. The van der Waals surface area contributed by atoms with Crippen molar-refractivity contribution in [2.75, 3.05) is 19.6 Å². The minimum Gasteiger partial charge on any atom is -0.427 e. The Balaban J connectivity index is 0.00000218. The number of aryl methyl sites for hydroxylation is 1. The van der Waals surface area contributed by atoms with Gasteiger partial charge in [-0.25, -0.2) is 9.18 Å². The molecule has 2 aromatic rings. The number of benzene rings is 1. The highest BCUT2D eigenvalue weighted by Gasteiger charge is 2.47. The van der Waals surface area contributed by atoms with Gasteiger partial charge in [0.15, 0.2) is 0 Å². The fourth-order valence-corrected chi connectivity index (χ4v) is 5.17. The maximum atomic E-state index is 13.9. The molecular weight excluding hydrogens is 407 g/mol. The number of amides is 1. The number of nitrogens with zero attached hydrogens (tertiary/aromatic N) is 1. The number of carbonyl (C=O) groups is 1. The summed E-state index contributed by atoms with van der Waals surface area (Å²) >= 11 is 0.